The molecule has 0 saturated carbocycles. The second-order valence-corrected chi connectivity index (χ2v) is 3.93. The lowest BCUT2D eigenvalue weighted by Gasteiger charge is -2.03. The minimum Gasteiger partial charge on any atom is -0.308 e. The minimum atomic E-state index is 0.567. The lowest BCUT2D eigenvalue weighted by Crippen LogP contribution is -2.14. The van der Waals surface area contributed by atoms with E-state index in [9.17, 15) is 0 Å². The summed E-state index contributed by atoms with van der Waals surface area (Å²) in [5.41, 5.74) is 2.48. The second-order valence-electron chi connectivity index (χ2n) is 2.79. The first kappa shape index (κ1) is 11.9. The molecular weight excluding hydrogens is 240 g/mol. The van der Waals surface area contributed by atoms with Crippen LogP contribution in [0.1, 0.15) is 5.56 Å². The summed E-state index contributed by atoms with van der Waals surface area (Å²) in [6, 6.07) is 7.67. The predicted octanol–water partition coefficient (Wildman–Crippen LogP) is 3.75. The number of halogens is 3. The molecule has 0 unspecified atom stereocenters. The summed E-state index contributed by atoms with van der Waals surface area (Å²) in [4.78, 5) is 0. The molecule has 1 N–H and O–H groups in total. The Morgan fingerprint density at radius 2 is 2.21 bits per heavy atom. The fourth-order valence-electron chi connectivity index (χ4n) is 1.01. The van der Waals surface area contributed by atoms with E-state index in [2.05, 4.69) is 5.32 Å². The van der Waals surface area contributed by atoms with Crippen molar-refractivity contribution in [2.45, 2.75) is 6.54 Å². The highest BCUT2D eigenvalue weighted by Gasteiger charge is 1.94. The van der Waals surface area contributed by atoms with Crippen LogP contribution in [-0.4, -0.2) is 6.54 Å². The summed E-state index contributed by atoms with van der Waals surface area (Å²) in [5, 5.41) is 4.47. The molecule has 0 aliphatic rings. The number of benzene rings is 1. The van der Waals surface area contributed by atoms with Crippen LogP contribution in [0.25, 0.3) is 0 Å². The molecule has 1 aromatic rings. The summed E-state index contributed by atoms with van der Waals surface area (Å²) in [7, 11) is 0. The Kier molecular flexibility index (Phi) is 5.34. The number of nitrogens with one attached hydrogen (secondary N) is 1. The van der Waals surface area contributed by atoms with E-state index in [0.29, 0.717) is 11.6 Å². The molecule has 0 spiro atoms. The number of hydrogen-bond acceptors (Lipinski definition) is 1. The van der Waals surface area contributed by atoms with E-state index < -0.39 is 0 Å². The Morgan fingerprint density at radius 3 is 2.86 bits per heavy atom. The molecule has 1 nitrogen and oxygen atoms in total. The molecule has 0 saturated heterocycles. The normalized spacial score (nSPS) is 11.8. The van der Waals surface area contributed by atoms with Crippen LogP contribution in [0.2, 0.25) is 5.02 Å². The lowest BCUT2D eigenvalue weighted by atomic mass is 10.2. The van der Waals surface area contributed by atoms with Crippen LogP contribution < -0.4 is 5.32 Å². The van der Waals surface area contributed by atoms with Crippen molar-refractivity contribution in [3.63, 3.8) is 0 Å². The predicted molar refractivity (Wildman–Crippen MR) is 62.9 cm³/mol. The SMILES string of the molecule is ClC=C(Cl)CNCc1cccc(Cl)c1. The van der Waals surface area contributed by atoms with Gasteiger partial charge in [-0.2, -0.15) is 0 Å². The smallest absolute Gasteiger partial charge is 0.0432 e. The van der Waals surface area contributed by atoms with Gasteiger partial charge in [0.1, 0.15) is 0 Å². The van der Waals surface area contributed by atoms with E-state index in [0.717, 1.165) is 17.1 Å². The highest BCUT2D eigenvalue weighted by atomic mass is 35.5. The summed E-state index contributed by atoms with van der Waals surface area (Å²) >= 11 is 16.9. The van der Waals surface area contributed by atoms with Crippen molar-refractivity contribution in [3.05, 3.63) is 45.4 Å². The third kappa shape index (κ3) is 4.34. The molecule has 0 aromatic heterocycles. The van der Waals surface area contributed by atoms with Gasteiger partial charge in [-0.3, -0.25) is 0 Å². The lowest BCUT2D eigenvalue weighted by molar-refractivity contribution is 0.754. The molecule has 0 atom stereocenters. The summed E-state index contributed by atoms with van der Waals surface area (Å²) in [6.45, 7) is 1.29. The Hall–Kier alpha value is -0.210. The van der Waals surface area contributed by atoms with Gasteiger partial charge < -0.3 is 5.32 Å². The Bertz CT molecular complexity index is 323. The summed E-state index contributed by atoms with van der Waals surface area (Å²) in [5.74, 6) is 0. The van der Waals surface area contributed by atoms with Crippen LogP contribution in [0.15, 0.2) is 34.8 Å². The van der Waals surface area contributed by atoms with Gasteiger partial charge in [-0.1, -0.05) is 46.9 Å². The second kappa shape index (κ2) is 6.31. The average Bonchev–Trinajstić information content (AvgIpc) is 2.17. The Labute approximate surface area is 98.7 Å². The van der Waals surface area contributed by atoms with Crippen LogP contribution >= 0.6 is 34.8 Å². The first-order valence-electron chi connectivity index (χ1n) is 4.12. The van der Waals surface area contributed by atoms with Crippen molar-refractivity contribution in [2.75, 3.05) is 6.54 Å². The van der Waals surface area contributed by atoms with Crippen molar-refractivity contribution in [1.29, 1.82) is 0 Å². The van der Waals surface area contributed by atoms with Gasteiger partial charge in [0, 0.05) is 28.7 Å². The molecule has 1 aromatic carbocycles. The van der Waals surface area contributed by atoms with E-state index in [-0.39, 0.29) is 0 Å². The van der Waals surface area contributed by atoms with Crippen molar-refractivity contribution >= 4 is 34.8 Å². The van der Waals surface area contributed by atoms with Gasteiger partial charge in [0.2, 0.25) is 0 Å². The maximum absolute atomic E-state index is 5.83. The third-order valence-corrected chi connectivity index (χ3v) is 2.48. The van der Waals surface area contributed by atoms with Gasteiger partial charge in [-0.15, -0.1) is 0 Å². The third-order valence-electron chi connectivity index (χ3n) is 1.63. The standard InChI is InChI=1S/C10H10Cl3N/c11-5-10(13)7-14-6-8-2-1-3-9(12)4-8/h1-5,14H,6-7H2. The van der Waals surface area contributed by atoms with Crippen LogP contribution in [0.3, 0.4) is 0 Å². The van der Waals surface area contributed by atoms with Gasteiger partial charge in [-0.25, -0.2) is 0 Å². The first-order valence-corrected chi connectivity index (χ1v) is 5.31. The van der Waals surface area contributed by atoms with E-state index in [1.54, 1.807) is 0 Å². The van der Waals surface area contributed by atoms with Gasteiger partial charge in [0.25, 0.3) is 0 Å². The zero-order valence-corrected chi connectivity index (χ0v) is 9.70. The number of hydrogen-bond donors (Lipinski definition) is 1. The van der Waals surface area contributed by atoms with E-state index in [1.165, 1.54) is 5.54 Å². The largest absolute Gasteiger partial charge is 0.308 e. The van der Waals surface area contributed by atoms with Crippen LogP contribution in [0.5, 0.6) is 0 Å². The molecule has 0 aliphatic carbocycles. The molecule has 0 fully saturated rings. The zero-order chi connectivity index (χ0) is 10.4. The fourth-order valence-corrected chi connectivity index (χ4v) is 1.40. The highest BCUT2D eigenvalue weighted by molar-refractivity contribution is 6.36. The molecular formula is C10H10Cl3N. The topological polar surface area (TPSA) is 12.0 Å². The summed E-state index contributed by atoms with van der Waals surface area (Å²) in [6.07, 6.45) is 0. The molecule has 76 valence electrons. The fraction of sp³-hybridized carbons (Fsp3) is 0.200. The van der Waals surface area contributed by atoms with Crippen molar-refractivity contribution in [1.82, 2.24) is 5.32 Å². The molecule has 4 heteroatoms. The monoisotopic (exact) mass is 249 g/mol. The highest BCUT2D eigenvalue weighted by Crippen LogP contribution is 2.10. The van der Waals surface area contributed by atoms with Crippen LogP contribution in [-0.2, 0) is 6.54 Å². The number of rotatable bonds is 4. The molecule has 0 bridgehead atoms. The Morgan fingerprint density at radius 1 is 1.43 bits per heavy atom. The zero-order valence-electron chi connectivity index (χ0n) is 7.43. The van der Waals surface area contributed by atoms with E-state index >= 15 is 0 Å². The molecule has 1 rings (SSSR count). The molecule has 0 amide bonds. The van der Waals surface area contributed by atoms with Gasteiger partial charge in [-0.05, 0) is 17.7 Å². The van der Waals surface area contributed by atoms with Gasteiger partial charge in [0.05, 0.1) is 0 Å². The van der Waals surface area contributed by atoms with E-state index in [1.807, 2.05) is 24.3 Å². The van der Waals surface area contributed by atoms with E-state index in [4.69, 9.17) is 34.8 Å². The van der Waals surface area contributed by atoms with Crippen molar-refractivity contribution < 1.29 is 0 Å². The average molecular weight is 251 g/mol. The van der Waals surface area contributed by atoms with Crippen LogP contribution in [0, 0.1) is 0 Å². The quantitative estimate of drug-likeness (QED) is 0.858. The van der Waals surface area contributed by atoms with Crippen LogP contribution in [0.4, 0.5) is 0 Å². The van der Waals surface area contributed by atoms with Gasteiger partial charge in [0.15, 0.2) is 0 Å². The molecule has 0 heterocycles. The summed E-state index contributed by atoms with van der Waals surface area (Å²) < 4.78 is 0. The Balaban J connectivity index is 2.39. The van der Waals surface area contributed by atoms with Crippen molar-refractivity contribution in [2.24, 2.45) is 0 Å². The maximum Gasteiger partial charge on any atom is 0.0432 e. The van der Waals surface area contributed by atoms with Gasteiger partial charge >= 0.3 is 0 Å². The molecule has 0 aliphatic heterocycles. The minimum absolute atomic E-state index is 0.567. The molecule has 0 radical (unpaired) electrons. The first-order chi connectivity index (χ1) is 6.72. The maximum atomic E-state index is 5.83. The molecule has 14 heavy (non-hydrogen) atoms. The van der Waals surface area contributed by atoms with Crippen molar-refractivity contribution in [3.8, 4) is 0 Å².